The highest BCUT2D eigenvalue weighted by atomic mass is 32.2. The number of aromatic nitrogens is 1. The Morgan fingerprint density at radius 2 is 1.67 bits per heavy atom. The lowest BCUT2D eigenvalue weighted by Crippen LogP contribution is -2.25. The molecule has 0 spiro atoms. The Bertz CT molecular complexity index is 1520. The van der Waals surface area contributed by atoms with Gasteiger partial charge in [-0.15, -0.1) is 11.8 Å². The maximum absolute atomic E-state index is 12.6. The van der Waals surface area contributed by atoms with Gasteiger partial charge in [0.2, 0.25) is 5.91 Å². The van der Waals surface area contributed by atoms with Crippen LogP contribution in [0.1, 0.15) is 72.7 Å². The molecule has 2 amide bonds. The van der Waals surface area contributed by atoms with Crippen LogP contribution in [0.15, 0.2) is 41.3 Å². The number of carbonyl (C=O) groups is 2. The van der Waals surface area contributed by atoms with Crippen molar-refractivity contribution in [3.8, 4) is 11.5 Å². The summed E-state index contributed by atoms with van der Waals surface area (Å²) in [4.78, 5) is 32.4. The fourth-order valence-corrected chi connectivity index (χ4v) is 6.57. The molecular weight excluding hydrogens is 596 g/mol. The van der Waals surface area contributed by atoms with Crippen molar-refractivity contribution in [2.75, 3.05) is 52.8 Å². The number of benzene rings is 2. The molecule has 3 aromatic rings. The third kappa shape index (κ3) is 9.42. The van der Waals surface area contributed by atoms with Gasteiger partial charge in [-0.2, -0.15) is 0 Å². The van der Waals surface area contributed by atoms with Crippen LogP contribution in [0, 0.1) is 20.8 Å². The fraction of sp³-hybridized carbons (Fsp3) is 0.459. The van der Waals surface area contributed by atoms with Crippen LogP contribution in [0.2, 0.25) is 0 Å². The predicted molar refractivity (Wildman–Crippen MR) is 190 cm³/mol. The van der Waals surface area contributed by atoms with E-state index in [1.54, 1.807) is 37.8 Å². The van der Waals surface area contributed by atoms with Gasteiger partial charge in [-0.25, -0.2) is 0 Å². The zero-order chi connectivity index (χ0) is 33.2. The SMILES string of the molecule is CC(=O)N(C)CCCCCN1CCCC1.COc1cc(CSc2ccc3c(c2)/C(=C/c2[nH]c(C)c(C)c2C)C(=O)N3)cc(OC)c1. The second kappa shape index (κ2) is 16.7. The van der Waals surface area contributed by atoms with Gasteiger partial charge in [0.15, 0.2) is 0 Å². The van der Waals surface area contributed by atoms with Crippen molar-refractivity contribution in [2.45, 2.75) is 70.4 Å². The van der Waals surface area contributed by atoms with E-state index >= 15 is 0 Å². The number of nitrogens with one attached hydrogen (secondary N) is 2. The molecule has 1 fully saturated rings. The van der Waals surface area contributed by atoms with Gasteiger partial charge in [0.1, 0.15) is 11.5 Å². The van der Waals surface area contributed by atoms with Crippen molar-refractivity contribution in [1.29, 1.82) is 0 Å². The largest absolute Gasteiger partial charge is 0.497 e. The summed E-state index contributed by atoms with van der Waals surface area (Å²) in [7, 11) is 5.18. The summed E-state index contributed by atoms with van der Waals surface area (Å²) in [6.07, 6.45) is 8.39. The van der Waals surface area contributed by atoms with Gasteiger partial charge in [-0.1, -0.05) is 6.42 Å². The van der Waals surface area contributed by atoms with E-state index in [2.05, 4.69) is 42.0 Å². The number of aromatic amines is 1. The van der Waals surface area contributed by atoms with E-state index in [4.69, 9.17) is 9.47 Å². The third-order valence-corrected chi connectivity index (χ3v) is 10.00. The van der Waals surface area contributed by atoms with E-state index in [-0.39, 0.29) is 11.8 Å². The molecule has 1 saturated heterocycles. The number of H-pyrrole nitrogens is 1. The average molecular weight is 647 g/mol. The third-order valence-electron chi connectivity index (χ3n) is 8.93. The molecule has 2 aliphatic heterocycles. The Kier molecular flexibility index (Phi) is 12.8. The minimum atomic E-state index is -0.0704. The van der Waals surface area contributed by atoms with E-state index < -0.39 is 0 Å². The zero-order valence-corrected chi connectivity index (χ0v) is 29.4. The Hall–Kier alpha value is -3.69. The number of thioether (sulfide) groups is 1. The highest BCUT2D eigenvalue weighted by Gasteiger charge is 2.25. The van der Waals surface area contributed by atoms with Gasteiger partial charge in [0.05, 0.1) is 19.8 Å². The first kappa shape index (κ1) is 35.2. The number of carbonyl (C=O) groups excluding carboxylic acids is 2. The number of unbranched alkanes of at least 4 members (excludes halogenated alkanes) is 2. The molecule has 0 radical (unpaired) electrons. The number of likely N-dealkylation sites (tertiary alicyclic amines) is 1. The van der Waals surface area contributed by atoms with E-state index in [1.165, 1.54) is 56.4 Å². The summed E-state index contributed by atoms with van der Waals surface area (Å²) in [5.41, 5.74) is 8.08. The van der Waals surface area contributed by atoms with Crippen molar-refractivity contribution in [2.24, 2.45) is 0 Å². The predicted octanol–water partition coefficient (Wildman–Crippen LogP) is 7.47. The lowest BCUT2D eigenvalue weighted by Gasteiger charge is -2.16. The Morgan fingerprint density at radius 1 is 0.978 bits per heavy atom. The van der Waals surface area contributed by atoms with Gasteiger partial charge in [-0.3, -0.25) is 9.59 Å². The van der Waals surface area contributed by atoms with Crippen LogP contribution < -0.4 is 14.8 Å². The quantitative estimate of drug-likeness (QED) is 0.121. The summed E-state index contributed by atoms with van der Waals surface area (Å²) in [6, 6.07) is 12.0. The van der Waals surface area contributed by atoms with Crippen LogP contribution in [-0.2, 0) is 15.3 Å². The standard InChI is InChI=1S/C25H26N2O3S.C12H24N2O/c1-14-15(2)24(26-16(14)3)12-22-21-11-20(6-7-23(21)27-25(22)28)31-13-17-8-18(29-4)10-19(9-17)30-5;1-12(15)13(2)8-4-3-5-9-14-10-6-7-11-14/h6-12,26H,13H2,1-5H3,(H,27,28);3-11H2,1-2H3/b22-12-;. The number of anilines is 1. The van der Waals surface area contributed by atoms with Crippen molar-refractivity contribution in [3.63, 3.8) is 0 Å². The molecule has 3 heterocycles. The minimum absolute atomic E-state index is 0.0704. The van der Waals surface area contributed by atoms with Gasteiger partial charge >= 0.3 is 0 Å². The lowest BCUT2D eigenvalue weighted by molar-refractivity contribution is -0.127. The number of fused-ring (bicyclic) bond motifs is 1. The molecule has 2 aromatic carbocycles. The zero-order valence-electron chi connectivity index (χ0n) is 28.5. The topological polar surface area (TPSA) is 86.9 Å². The Labute approximate surface area is 278 Å². The van der Waals surface area contributed by atoms with Crippen LogP contribution in [0.5, 0.6) is 11.5 Å². The number of ether oxygens (including phenoxy) is 2. The molecule has 5 rings (SSSR count). The molecule has 0 unspecified atom stereocenters. The molecule has 0 aliphatic carbocycles. The van der Waals surface area contributed by atoms with E-state index in [0.29, 0.717) is 5.57 Å². The van der Waals surface area contributed by atoms with Gasteiger partial charge < -0.3 is 29.6 Å². The normalized spacial score (nSPS) is 14.9. The molecule has 2 N–H and O–H groups in total. The average Bonchev–Trinajstić information content (AvgIpc) is 3.75. The van der Waals surface area contributed by atoms with Crippen molar-refractivity contribution in [1.82, 2.24) is 14.8 Å². The number of amides is 2. The molecule has 46 heavy (non-hydrogen) atoms. The first-order valence-electron chi connectivity index (χ1n) is 16.2. The Morgan fingerprint density at radius 3 is 2.28 bits per heavy atom. The second-order valence-corrected chi connectivity index (χ2v) is 13.2. The highest BCUT2D eigenvalue weighted by Crippen LogP contribution is 2.38. The molecule has 248 valence electrons. The summed E-state index contributed by atoms with van der Waals surface area (Å²) >= 11 is 1.71. The number of methoxy groups -OCH3 is 2. The molecule has 2 aliphatic rings. The van der Waals surface area contributed by atoms with Crippen molar-refractivity contribution >= 4 is 40.9 Å². The number of aryl methyl sites for hydroxylation is 1. The number of rotatable bonds is 12. The van der Waals surface area contributed by atoms with Gasteiger partial charge in [0.25, 0.3) is 5.91 Å². The first-order chi connectivity index (χ1) is 22.1. The first-order valence-corrected chi connectivity index (χ1v) is 17.2. The molecule has 0 bridgehead atoms. The maximum Gasteiger partial charge on any atom is 0.256 e. The van der Waals surface area contributed by atoms with Crippen LogP contribution in [0.25, 0.3) is 11.6 Å². The van der Waals surface area contributed by atoms with Crippen LogP contribution in [-0.4, -0.2) is 74.0 Å². The van der Waals surface area contributed by atoms with E-state index in [9.17, 15) is 9.59 Å². The second-order valence-electron chi connectivity index (χ2n) is 12.2. The molecule has 9 heteroatoms. The van der Waals surface area contributed by atoms with Crippen molar-refractivity contribution in [3.05, 3.63) is 70.0 Å². The fourth-order valence-electron chi connectivity index (χ4n) is 5.70. The summed E-state index contributed by atoms with van der Waals surface area (Å²) in [6.45, 7) is 12.6. The molecule has 1 aromatic heterocycles. The van der Waals surface area contributed by atoms with Crippen LogP contribution in [0.4, 0.5) is 5.69 Å². The summed E-state index contributed by atoms with van der Waals surface area (Å²) in [5.74, 6) is 2.42. The lowest BCUT2D eigenvalue weighted by atomic mass is 10.0. The Balaban J connectivity index is 0.000000270. The van der Waals surface area contributed by atoms with Gasteiger partial charge in [-0.05, 0) is 119 Å². The number of hydrogen-bond donors (Lipinski definition) is 2. The number of nitrogens with zero attached hydrogens (tertiary/aromatic N) is 2. The smallest absolute Gasteiger partial charge is 0.256 e. The molecule has 8 nitrogen and oxygen atoms in total. The van der Waals surface area contributed by atoms with E-state index in [0.717, 1.165) is 63.3 Å². The maximum atomic E-state index is 12.6. The molecule has 0 saturated carbocycles. The van der Waals surface area contributed by atoms with Crippen molar-refractivity contribution < 1.29 is 19.1 Å². The minimum Gasteiger partial charge on any atom is -0.497 e. The van der Waals surface area contributed by atoms with Gasteiger partial charge in [0, 0.05) is 59.9 Å². The summed E-state index contributed by atoms with van der Waals surface area (Å²) in [5, 5.41) is 2.98. The van der Waals surface area contributed by atoms with Crippen LogP contribution in [0.3, 0.4) is 0 Å². The van der Waals surface area contributed by atoms with Crippen LogP contribution >= 0.6 is 11.8 Å². The number of hydrogen-bond acceptors (Lipinski definition) is 6. The monoisotopic (exact) mass is 646 g/mol. The summed E-state index contributed by atoms with van der Waals surface area (Å²) < 4.78 is 10.7. The molecular formula is C37H50N4O4S. The van der Waals surface area contributed by atoms with E-state index in [1.807, 2.05) is 43.5 Å². The molecule has 0 atom stereocenters. The highest BCUT2D eigenvalue weighted by molar-refractivity contribution is 7.98.